The SMILES string of the molecule is CC(c1ccnc(-n2c(CN3C(=O)C4(CC4)c4ccncc43)nc3cc(Cl)ccc32)c1)S(=O)O. The number of nitrogens with zero attached hydrogens (tertiary/aromatic N) is 5. The molecule has 0 bridgehead atoms. The molecule has 10 heteroatoms. The minimum absolute atomic E-state index is 0.0677. The van der Waals surface area contributed by atoms with Gasteiger partial charge in [-0.15, -0.1) is 0 Å². The minimum Gasteiger partial charge on any atom is -0.306 e. The first kappa shape index (κ1) is 21.4. The molecule has 34 heavy (non-hydrogen) atoms. The van der Waals surface area contributed by atoms with Crippen LogP contribution < -0.4 is 4.90 Å². The van der Waals surface area contributed by atoms with Gasteiger partial charge in [-0.05, 0) is 67.3 Å². The standard InChI is InChI=1S/C24H20ClN5O3S/c1-14(34(32)33)15-4-9-27-21(10-15)30-19-3-2-16(25)11-18(19)28-22(30)13-29-20-12-26-8-5-17(20)24(6-7-24)23(29)31/h2-5,8-12,14H,6-7,13H2,1H3,(H,32,33). The van der Waals surface area contributed by atoms with Crippen LogP contribution in [0.3, 0.4) is 0 Å². The number of aromatic nitrogens is 4. The van der Waals surface area contributed by atoms with E-state index in [1.165, 1.54) is 0 Å². The van der Waals surface area contributed by atoms with E-state index in [1.807, 2.05) is 16.7 Å². The van der Waals surface area contributed by atoms with E-state index in [0.29, 0.717) is 27.7 Å². The quantitative estimate of drug-likeness (QED) is 0.415. The summed E-state index contributed by atoms with van der Waals surface area (Å²) in [7, 11) is 0. The molecule has 0 radical (unpaired) electrons. The van der Waals surface area contributed by atoms with Gasteiger partial charge in [-0.25, -0.2) is 14.2 Å². The molecule has 1 aliphatic carbocycles. The van der Waals surface area contributed by atoms with Crippen LogP contribution in [-0.2, 0) is 27.8 Å². The lowest BCUT2D eigenvalue weighted by molar-refractivity contribution is -0.120. The maximum atomic E-state index is 13.4. The lowest BCUT2D eigenvalue weighted by atomic mass is 9.99. The number of imidazole rings is 1. The summed E-state index contributed by atoms with van der Waals surface area (Å²) in [6.45, 7) is 1.92. The summed E-state index contributed by atoms with van der Waals surface area (Å²) in [5.41, 5.74) is 3.53. The molecule has 2 aliphatic rings. The molecule has 1 spiro atoms. The number of hydrogen-bond acceptors (Lipinski definition) is 5. The van der Waals surface area contributed by atoms with Crippen LogP contribution in [0.5, 0.6) is 0 Å². The number of amides is 1. The molecular formula is C24H20ClN5O3S. The number of fused-ring (bicyclic) bond motifs is 3. The maximum absolute atomic E-state index is 13.4. The molecule has 2 unspecified atom stereocenters. The van der Waals surface area contributed by atoms with Gasteiger partial charge in [0.2, 0.25) is 5.91 Å². The number of carbonyl (C=O) groups is 1. The normalized spacial score (nSPS) is 17.9. The number of pyridine rings is 2. The van der Waals surface area contributed by atoms with Crippen molar-refractivity contribution in [3.63, 3.8) is 0 Å². The van der Waals surface area contributed by atoms with Gasteiger partial charge < -0.3 is 9.45 Å². The smallest absolute Gasteiger partial charge is 0.238 e. The second-order valence-corrected chi connectivity index (χ2v) is 10.4. The summed E-state index contributed by atoms with van der Waals surface area (Å²) in [6.07, 6.45) is 6.76. The van der Waals surface area contributed by atoms with Crippen molar-refractivity contribution in [1.29, 1.82) is 0 Å². The van der Waals surface area contributed by atoms with E-state index in [4.69, 9.17) is 16.6 Å². The van der Waals surface area contributed by atoms with E-state index < -0.39 is 21.7 Å². The molecule has 4 aromatic rings. The Morgan fingerprint density at radius 2 is 2.03 bits per heavy atom. The molecule has 1 saturated carbocycles. The second kappa shape index (κ2) is 7.69. The molecule has 172 valence electrons. The highest BCUT2D eigenvalue weighted by atomic mass is 35.5. The van der Waals surface area contributed by atoms with Crippen molar-refractivity contribution in [2.45, 2.75) is 37.0 Å². The van der Waals surface area contributed by atoms with Crippen LogP contribution in [0.15, 0.2) is 55.0 Å². The minimum atomic E-state index is -2.02. The third-order valence-corrected chi connectivity index (χ3v) is 7.88. The highest BCUT2D eigenvalue weighted by molar-refractivity contribution is 7.79. The number of hydrogen-bond donors (Lipinski definition) is 1. The van der Waals surface area contributed by atoms with E-state index >= 15 is 0 Å². The molecular weight excluding hydrogens is 474 g/mol. The topological polar surface area (TPSA) is 101 Å². The van der Waals surface area contributed by atoms with E-state index in [9.17, 15) is 13.6 Å². The van der Waals surface area contributed by atoms with Crippen LogP contribution >= 0.6 is 11.6 Å². The fraction of sp³-hybridized carbons (Fsp3) is 0.250. The first-order valence-corrected chi connectivity index (χ1v) is 12.4. The lowest BCUT2D eigenvalue weighted by Crippen LogP contribution is -2.32. The summed E-state index contributed by atoms with van der Waals surface area (Å²) in [5.74, 6) is 1.23. The number of rotatable bonds is 5. The van der Waals surface area contributed by atoms with Gasteiger partial charge in [-0.3, -0.25) is 14.3 Å². The first-order valence-electron chi connectivity index (χ1n) is 10.9. The van der Waals surface area contributed by atoms with Crippen LogP contribution in [0.4, 0.5) is 5.69 Å². The Balaban J connectivity index is 1.50. The van der Waals surface area contributed by atoms with Crippen LogP contribution in [0.2, 0.25) is 5.02 Å². The van der Waals surface area contributed by atoms with E-state index in [0.717, 1.165) is 29.6 Å². The van der Waals surface area contributed by atoms with Gasteiger partial charge >= 0.3 is 0 Å². The molecule has 1 aromatic carbocycles. The third kappa shape index (κ3) is 3.19. The summed E-state index contributed by atoms with van der Waals surface area (Å²) < 4.78 is 23.1. The van der Waals surface area contributed by atoms with Crippen LogP contribution in [-0.4, -0.2) is 34.2 Å². The van der Waals surface area contributed by atoms with Crippen molar-refractivity contribution in [3.8, 4) is 5.82 Å². The molecule has 0 saturated heterocycles. The molecule has 1 fully saturated rings. The van der Waals surface area contributed by atoms with Crippen LogP contribution in [0, 0.1) is 0 Å². The zero-order chi connectivity index (χ0) is 23.6. The molecule has 6 rings (SSSR count). The predicted molar refractivity (Wildman–Crippen MR) is 129 cm³/mol. The largest absolute Gasteiger partial charge is 0.306 e. The molecule has 3 aromatic heterocycles. The lowest BCUT2D eigenvalue weighted by Gasteiger charge is -2.19. The van der Waals surface area contributed by atoms with Gasteiger partial charge in [0, 0.05) is 17.4 Å². The number of carbonyl (C=O) groups excluding carboxylic acids is 1. The molecule has 1 N–H and O–H groups in total. The average Bonchev–Trinajstić information content (AvgIpc) is 3.52. The van der Waals surface area contributed by atoms with Crippen molar-refractivity contribution in [1.82, 2.24) is 19.5 Å². The third-order valence-electron chi connectivity index (χ3n) is 6.77. The van der Waals surface area contributed by atoms with Gasteiger partial charge in [-0.2, -0.15) is 0 Å². The van der Waals surface area contributed by atoms with Crippen molar-refractivity contribution in [2.24, 2.45) is 0 Å². The maximum Gasteiger partial charge on any atom is 0.238 e. The highest BCUT2D eigenvalue weighted by Crippen LogP contribution is 2.57. The first-order chi connectivity index (χ1) is 16.4. The number of halogens is 1. The average molecular weight is 494 g/mol. The van der Waals surface area contributed by atoms with E-state index in [-0.39, 0.29) is 12.5 Å². The Kier molecular flexibility index (Phi) is 4.84. The van der Waals surface area contributed by atoms with Gasteiger partial charge in [0.15, 0.2) is 11.1 Å². The second-order valence-electron chi connectivity index (χ2n) is 8.73. The van der Waals surface area contributed by atoms with Gasteiger partial charge in [0.05, 0.1) is 40.1 Å². The Hall–Kier alpha value is -3.14. The fourth-order valence-electron chi connectivity index (χ4n) is 4.79. The highest BCUT2D eigenvalue weighted by Gasteiger charge is 2.59. The van der Waals surface area contributed by atoms with Crippen molar-refractivity contribution in [2.75, 3.05) is 4.90 Å². The van der Waals surface area contributed by atoms with Crippen LogP contribution in [0.1, 0.15) is 42.0 Å². The van der Waals surface area contributed by atoms with E-state index in [2.05, 4.69) is 9.97 Å². The van der Waals surface area contributed by atoms with Crippen molar-refractivity contribution >= 4 is 45.3 Å². The van der Waals surface area contributed by atoms with Gasteiger partial charge in [-0.1, -0.05) is 11.6 Å². The summed E-state index contributed by atoms with van der Waals surface area (Å²) in [4.78, 5) is 28.8. The van der Waals surface area contributed by atoms with Crippen molar-refractivity contribution < 1.29 is 13.6 Å². The summed E-state index contributed by atoms with van der Waals surface area (Å²) >= 11 is 4.22. The van der Waals surface area contributed by atoms with Gasteiger partial charge in [0.25, 0.3) is 0 Å². The van der Waals surface area contributed by atoms with Gasteiger partial charge in [0.1, 0.15) is 11.6 Å². The molecule has 4 heterocycles. The molecule has 8 nitrogen and oxygen atoms in total. The summed E-state index contributed by atoms with van der Waals surface area (Å²) in [5, 5.41) is -0.0271. The molecule has 1 amide bonds. The Bertz CT molecular complexity index is 1500. The molecule has 1 aliphatic heterocycles. The molecule has 2 atom stereocenters. The Morgan fingerprint density at radius 1 is 1.21 bits per heavy atom. The monoisotopic (exact) mass is 493 g/mol. The van der Waals surface area contributed by atoms with Crippen molar-refractivity contribution in [3.05, 3.63) is 77.0 Å². The fourth-order valence-corrected chi connectivity index (χ4v) is 5.33. The van der Waals surface area contributed by atoms with E-state index in [1.54, 1.807) is 54.7 Å². The number of benzene rings is 1. The zero-order valence-corrected chi connectivity index (χ0v) is 19.8. The summed E-state index contributed by atoms with van der Waals surface area (Å²) in [6, 6.07) is 10.9. The predicted octanol–water partition coefficient (Wildman–Crippen LogP) is 4.33. The number of anilines is 1. The zero-order valence-electron chi connectivity index (χ0n) is 18.2. The Morgan fingerprint density at radius 3 is 2.79 bits per heavy atom. The Labute approximate surface area is 202 Å². The van der Waals surface area contributed by atoms with Crippen LogP contribution in [0.25, 0.3) is 16.9 Å².